The summed E-state index contributed by atoms with van der Waals surface area (Å²) in [7, 11) is 0. The Morgan fingerprint density at radius 3 is 2.19 bits per heavy atom. The van der Waals surface area contributed by atoms with E-state index in [1.54, 1.807) is 0 Å². The number of benzene rings is 6. The molecule has 0 radical (unpaired) electrons. The Labute approximate surface area is 252 Å². The summed E-state index contributed by atoms with van der Waals surface area (Å²) in [6.45, 7) is 0.816. The van der Waals surface area contributed by atoms with Gasteiger partial charge in [-0.1, -0.05) is 72.8 Å². The molecule has 43 heavy (non-hydrogen) atoms. The van der Waals surface area contributed by atoms with E-state index >= 15 is 0 Å². The third-order valence-corrected chi connectivity index (χ3v) is 9.67. The molecule has 6 aromatic carbocycles. The molecule has 3 heterocycles. The second kappa shape index (κ2) is 9.62. The van der Waals surface area contributed by atoms with Crippen LogP contribution in [0.15, 0.2) is 138 Å². The zero-order valence-corrected chi connectivity index (χ0v) is 24.1. The minimum atomic E-state index is 0.816. The van der Waals surface area contributed by atoms with Gasteiger partial charge in [-0.2, -0.15) is 0 Å². The highest BCUT2D eigenvalue weighted by Crippen LogP contribution is 2.43. The van der Waals surface area contributed by atoms with Crippen molar-refractivity contribution < 1.29 is 4.42 Å². The summed E-state index contributed by atoms with van der Waals surface area (Å²) in [6, 6.07) is 45.9. The molecular weight excluding hydrogens is 545 g/mol. The zero-order valence-electron chi connectivity index (χ0n) is 23.2. The van der Waals surface area contributed by atoms with E-state index in [9.17, 15) is 0 Å². The van der Waals surface area contributed by atoms with Gasteiger partial charge >= 0.3 is 0 Å². The zero-order chi connectivity index (χ0) is 28.3. The van der Waals surface area contributed by atoms with E-state index in [1.807, 2.05) is 17.5 Å². The molecule has 9 rings (SSSR count). The minimum Gasteiger partial charge on any atom is -0.455 e. The molecule has 3 nitrogen and oxygen atoms in total. The molecule has 4 heteroatoms. The maximum Gasteiger partial charge on any atom is 0.143 e. The third-order valence-electron chi connectivity index (χ3n) is 8.52. The first-order valence-electron chi connectivity index (χ1n) is 14.6. The van der Waals surface area contributed by atoms with Crippen molar-refractivity contribution in [3.63, 3.8) is 0 Å². The number of fused-ring (bicyclic) bond motifs is 8. The molecule has 0 atom stereocenters. The van der Waals surface area contributed by atoms with Gasteiger partial charge < -0.3 is 14.6 Å². The van der Waals surface area contributed by atoms with Gasteiger partial charge in [-0.15, -0.1) is 11.3 Å². The van der Waals surface area contributed by atoms with Gasteiger partial charge in [0.25, 0.3) is 0 Å². The highest BCUT2D eigenvalue weighted by atomic mass is 32.1. The maximum atomic E-state index is 6.46. The van der Waals surface area contributed by atoms with Gasteiger partial charge in [0, 0.05) is 60.1 Å². The molecule has 0 amide bonds. The summed E-state index contributed by atoms with van der Waals surface area (Å²) in [5.41, 5.74) is 10.0. The monoisotopic (exact) mass is 570 g/mol. The van der Waals surface area contributed by atoms with Gasteiger partial charge in [0.1, 0.15) is 11.2 Å². The largest absolute Gasteiger partial charge is 0.455 e. The lowest BCUT2D eigenvalue weighted by Gasteiger charge is -2.26. The molecule has 0 aliphatic carbocycles. The minimum absolute atomic E-state index is 0.816. The highest BCUT2D eigenvalue weighted by Gasteiger charge is 2.19. The molecule has 0 saturated heterocycles. The van der Waals surface area contributed by atoms with E-state index in [1.165, 1.54) is 36.9 Å². The molecule has 0 fully saturated rings. The molecular formula is C39H26N2OS. The predicted molar refractivity (Wildman–Crippen MR) is 183 cm³/mol. The van der Waals surface area contributed by atoms with Crippen molar-refractivity contribution in [2.75, 3.05) is 4.90 Å². The lowest BCUT2D eigenvalue weighted by molar-refractivity contribution is 0.666. The van der Waals surface area contributed by atoms with Crippen molar-refractivity contribution in [2.45, 2.75) is 6.54 Å². The fraction of sp³-hybridized carbons (Fsp3) is 0.0256. The Bertz CT molecular complexity index is 2350. The predicted octanol–water partition coefficient (Wildman–Crippen LogP) is 11.2. The van der Waals surface area contributed by atoms with Gasteiger partial charge in [-0.05, 0) is 83.6 Å². The normalized spacial score (nSPS) is 12.7. The van der Waals surface area contributed by atoms with Crippen LogP contribution in [-0.2, 0) is 6.54 Å². The van der Waals surface area contributed by atoms with Crippen molar-refractivity contribution >= 4 is 76.6 Å². The number of nitrogens with one attached hydrogen (secondary N) is 1. The Hall–Kier alpha value is -5.32. The molecule has 0 saturated carbocycles. The standard InChI is InChI=1S/C39H26N2OS/c1-2-6-25(7-3-1)26-10-13-28(14-11-26)41(30-16-19-38-35(23-30)32-8-4-5-9-37(32)43-38)29-15-18-36-34(22-29)33-17-12-27-24-40-21-20-31(27)39(33)42-36/h1-23,40H,24H2. The highest BCUT2D eigenvalue weighted by molar-refractivity contribution is 7.25. The van der Waals surface area contributed by atoms with E-state index in [0.29, 0.717) is 0 Å². The van der Waals surface area contributed by atoms with Crippen LogP contribution in [0, 0.1) is 0 Å². The van der Waals surface area contributed by atoms with Crippen molar-refractivity contribution in [1.82, 2.24) is 5.32 Å². The second-order valence-electron chi connectivity index (χ2n) is 11.0. The van der Waals surface area contributed by atoms with Gasteiger partial charge in [0.15, 0.2) is 0 Å². The van der Waals surface area contributed by atoms with E-state index < -0.39 is 0 Å². The molecule has 0 spiro atoms. The Kier molecular flexibility index (Phi) is 5.43. The summed E-state index contributed by atoms with van der Waals surface area (Å²) >= 11 is 1.85. The van der Waals surface area contributed by atoms with Crippen LogP contribution >= 0.6 is 11.3 Å². The molecule has 2 aromatic heterocycles. The van der Waals surface area contributed by atoms with Gasteiger partial charge in [-0.3, -0.25) is 0 Å². The Balaban J connectivity index is 1.24. The van der Waals surface area contributed by atoms with Gasteiger partial charge in [-0.25, -0.2) is 0 Å². The van der Waals surface area contributed by atoms with E-state index in [4.69, 9.17) is 4.42 Å². The van der Waals surface area contributed by atoms with Crippen molar-refractivity contribution in [3.8, 4) is 11.1 Å². The van der Waals surface area contributed by atoms with E-state index in [0.717, 1.165) is 51.1 Å². The van der Waals surface area contributed by atoms with Crippen molar-refractivity contribution in [3.05, 3.63) is 145 Å². The molecule has 204 valence electrons. The number of hydrogen-bond acceptors (Lipinski definition) is 4. The first-order chi connectivity index (χ1) is 21.3. The lowest BCUT2D eigenvalue weighted by Crippen LogP contribution is -2.10. The van der Waals surface area contributed by atoms with Crippen LogP contribution in [0.4, 0.5) is 17.1 Å². The first-order valence-corrected chi connectivity index (χ1v) is 15.4. The number of rotatable bonds is 4. The quantitative estimate of drug-likeness (QED) is 0.228. The lowest BCUT2D eigenvalue weighted by atomic mass is 10.0. The van der Waals surface area contributed by atoms with Crippen LogP contribution in [0.5, 0.6) is 0 Å². The summed E-state index contributed by atoms with van der Waals surface area (Å²) in [5.74, 6) is 0. The summed E-state index contributed by atoms with van der Waals surface area (Å²) < 4.78 is 9.07. The molecule has 0 bridgehead atoms. The summed E-state index contributed by atoms with van der Waals surface area (Å²) in [6.07, 6.45) is 4.12. The van der Waals surface area contributed by atoms with Gasteiger partial charge in [0.2, 0.25) is 0 Å². The van der Waals surface area contributed by atoms with Crippen LogP contribution < -0.4 is 10.2 Å². The summed E-state index contributed by atoms with van der Waals surface area (Å²) in [5, 5.41) is 8.15. The fourth-order valence-corrected chi connectivity index (χ4v) is 7.50. The van der Waals surface area contributed by atoms with Crippen molar-refractivity contribution in [1.29, 1.82) is 0 Å². The number of furan rings is 1. The van der Waals surface area contributed by atoms with E-state index in [-0.39, 0.29) is 0 Å². The van der Waals surface area contributed by atoms with Crippen LogP contribution in [0.2, 0.25) is 0 Å². The maximum absolute atomic E-state index is 6.46. The third kappa shape index (κ3) is 3.95. The van der Waals surface area contributed by atoms with Crippen LogP contribution in [0.25, 0.3) is 59.3 Å². The molecule has 1 aliphatic heterocycles. The summed E-state index contributed by atoms with van der Waals surface area (Å²) in [4.78, 5) is 2.36. The number of nitrogens with zero attached hydrogens (tertiary/aromatic N) is 1. The van der Waals surface area contributed by atoms with Gasteiger partial charge in [0.05, 0.1) is 0 Å². The average molecular weight is 571 g/mol. The second-order valence-corrected chi connectivity index (χ2v) is 12.1. The number of anilines is 3. The fourth-order valence-electron chi connectivity index (χ4n) is 6.41. The molecule has 1 N–H and O–H groups in total. The van der Waals surface area contributed by atoms with Crippen LogP contribution in [0.1, 0.15) is 11.1 Å². The van der Waals surface area contributed by atoms with Crippen LogP contribution in [-0.4, -0.2) is 0 Å². The van der Waals surface area contributed by atoms with E-state index in [2.05, 4.69) is 144 Å². The Morgan fingerprint density at radius 2 is 1.30 bits per heavy atom. The topological polar surface area (TPSA) is 28.4 Å². The smallest absolute Gasteiger partial charge is 0.143 e. The molecule has 1 aliphatic rings. The molecule has 0 unspecified atom stereocenters. The first kappa shape index (κ1) is 24.3. The number of hydrogen-bond donors (Lipinski definition) is 1. The SMILES string of the molecule is C1=Cc2c(ccc3c2oc2ccc(N(c4ccc(-c5ccccc5)cc4)c4ccc5sc6ccccc6c5c4)cc23)CN1. The molecule has 8 aromatic rings. The van der Waals surface area contributed by atoms with Crippen LogP contribution in [0.3, 0.4) is 0 Å². The average Bonchev–Trinajstić information content (AvgIpc) is 3.64. The number of thiophene rings is 1. The Morgan fingerprint density at radius 1 is 0.581 bits per heavy atom. The van der Waals surface area contributed by atoms with Crippen molar-refractivity contribution in [2.24, 2.45) is 0 Å².